The van der Waals surface area contributed by atoms with Crippen LogP contribution in [0.2, 0.25) is 0 Å². The first kappa shape index (κ1) is 30.4. The summed E-state index contributed by atoms with van der Waals surface area (Å²) in [7, 11) is 0. The monoisotopic (exact) mass is 566 g/mol. The van der Waals surface area contributed by atoms with Gasteiger partial charge in [-0.1, -0.05) is 24.3 Å². The molecule has 0 saturated carbocycles. The molecule has 0 bridgehead atoms. The number of nitrogens with zero attached hydrogens (tertiary/aromatic N) is 1. The first-order chi connectivity index (χ1) is 19.7. The lowest BCUT2D eigenvalue weighted by atomic mass is 9.94. The van der Waals surface area contributed by atoms with Gasteiger partial charge in [0.05, 0.1) is 6.54 Å². The van der Waals surface area contributed by atoms with Crippen LogP contribution >= 0.6 is 0 Å². The first-order valence-electron chi connectivity index (χ1n) is 14.2. The van der Waals surface area contributed by atoms with E-state index in [2.05, 4.69) is 33.5 Å². The van der Waals surface area contributed by atoms with Crippen LogP contribution in [0.1, 0.15) is 58.1 Å². The minimum atomic E-state index is -2.39. The Labute approximate surface area is 240 Å². The van der Waals surface area contributed by atoms with Crippen LogP contribution in [-0.2, 0) is 17.8 Å². The molecule has 220 valence electrons. The molecule has 0 radical (unpaired) electrons. The van der Waals surface area contributed by atoms with E-state index < -0.39 is 6.43 Å². The normalized spacial score (nSPS) is 13.9. The highest BCUT2D eigenvalue weighted by molar-refractivity contribution is 5.99. The van der Waals surface area contributed by atoms with Crippen molar-refractivity contribution in [3.05, 3.63) is 86.3 Å². The van der Waals surface area contributed by atoms with E-state index in [9.17, 15) is 18.4 Å². The zero-order chi connectivity index (χ0) is 29.5. The molecule has 2 aromatic carbocycles. The van der Waals surface area contributed by atoms with Crippen molar-refractivity contribution >= 4 is 11.6 Å². The van der Waals surface area contributed by atoms with Gasteiger partial charge in [0.2, 0.25) is 0 Å². The van der Waals surface area contributed by atoms with E-state index in [0.29, 0.717) is 36.9 Å². The molecule has 1 aromatic heterocycles. The molecule has 1 saturated heterocycles. The highest BCUT2D eigenvalue weighted by Crippen LogP contribution is 2.34. The van der Waals surface area contributed by atoms with Crippen LogP contribution in [0, 0.1) is 20.8 Å². The molecule has 0 atom stereocenters. The number of alkyl halides is 2. The van der Waals surface area contributed by atoms with Gasteiger partial charge in [0, 0.05) is 61.4 Å². The van der Waals surface area contributed by atoms with E-state index in [4.69, 9.17) is 4.74 Å². The SMILES string of the molecule is CCN(c1cc(-c2ccc(CNCC(F)F)cc2)cc(C(=O)NCc2c(C)cc(C)[nH]c2=O)c1C)C1CCOCC1. The third-order valence-corrected chi connectivity index (χ3v) is 7.74. The number of benzene rings is 2. The first-order valence-corrected chi connectivity index (χ1v) is 14.2. The molecule has 0 aliphatic carbocycles. The van der Waals surface area contributed by atoms with Crippen molar-refractivity contribution in [3.8, 4) is 11.1 Å². The van der Waals surface area contributed by atoms with E-state index >= 15 is 0 Å². The van der Waals surface area contributed by atoms with Gasteiger partial charge in [-0.2, -0.15) is 0 Å². The van der Waals surface area contributed by atoms with Crippen LogP contribution in [0.5, 0.6) is 0 Å². The minimum Gasteiger partial charge on any atom is -0.381 e. The highest BCUT2D eigenvalue weighted by Gasteiger charge is 2.25. The highest BCUT2D eigenvalue weighted by atomic mass is 19.3. The summed E-state index contributed by atoms with van der Waals surface area (Å²) < 4.78 is 30.6. The number of pyridine rings is 1. The van der Waals surface area contributed by atoms with Gasteiger partial charge in [-0.3, -0.25) is 9.59 Å². The number of carbonyl (C=O) groups is 1. The number of carbonyl (C=O) groups excluding carboxylic acids is 1. The molecule has 4 rings (SSSR count). The van der Waals surface area contributed by atoms with Gasteiger partial charge in [0.1, 0.15) is 0 Å². The molecule has 2 heterocycles. The quantitative estimate of drug-likeness (QED) is 0.295. The molecule has 9 heteroatoms. The average Bonchev–Trinajstić information content (AvgIpc) is 2.94. The van der Waals surface area contributed by atoms with Crippen molar-refractivity contribution < 1.29 is 18.3 Å². The van der Waals surface area contributed by atoms with Gasteiger partial charge in [-0.25, -0.2) is 8.78 Å². The van der Waals surface area contributed by atoms with E-state index in [1.54, 1.807) is 0 Å². The van der Waals surface area contributed by atoms with E-state index in [1.807, 2.05) is 57.2 Å². The fourth-order valence-electron chi connectivity index (χ4n) is 5.53. The molecule has 3 N–H and O–H groups in total. The van der Waals surface area contributed by atoms with Gasteiger partial charge in [0.15, 0.2) is 0 Å². The van der Waals surface area contributed by atoms with Crippen LogP contribution in [0.4, 0.5) is 14.5 Å². The molecule has 41 heavy (non-hydrogen) atoms. The Balaban J connectivity index is 1.68. The molecule has 0 spiro atoms. The number of rotatable bonds is 11. The summed E-state index contributed by atoms with van der Waals surface area (Å²) in [6.07, 6.45) is -0.570. The maximum absolute atomic E-state index is 13.6. The van der Waals surface area contributed by atoms with Crippen LogP contribution in [0.25, 0.3) is 11.1 Å². The Morgan fingerprint density at radius 1 is 1.05 bits per heavy atom. The van der Waals surface area contributed by atoms with Gasteiger partial charge in [-0.05, 0) is 86.6 Å². The second-order valence-corrected chi connectivity index (χ2v) is 10.6. The van der Waals surface area contributed by atoms with Crippen molar-refractivity contribution in [1.29, 1.82) is 0 Å². The number of anilines is 1. The maximum atomic E-state index is 13.6. The summed E-state index contributed by atoms with van der Waals surface area (Å²) in [5.41, 5.74) is 7.07. The Morgan fingerprint density at radius 3 is 2.39 bits per heavy atom. The summed E-state index contributed by atoms with van der Waals surface area (Å²) in [6.45, 7) is 10.1. The largest absolute Gasteiger partial charge is 0.381 e. The molecule has 7 nitrogen and oxygen atoms in total. The molecule has 0 unspecified atom stereocenters. The fraction of sp³-hybridized carbons (Fsp3) is 0.438. The number of ether oxygens (including phenoxy) is 1. The molecule has 3 aromatic rings. The summed E-state index contributed by atoms with van der Waals surface area (Å²) in [6, 6.07) is 13.9. The van der Waals surface area contributed by atoms with E-state index in [-0.39, 0.29) is 24.6 Å². The van der Waals surface area contributed by atoms with Gasteiger partial charge >= 0.3 is 0 Å². The maximum Gasteiger partial charge on any atom is 0.253 e. The lowest BCUT2D eigenvalue weighted by molar-refractivity contribution is 0.0846. The second kappa shape index (κ2) is 13.9. The third-order valence-electron chi connectivity index (χ3n) is 7.74. The van der Waals surface area contributed by atoms with Crippen LogP contribution in [0.3, 0.4) is 0 Å². The van der Waals surface area contributed by atoms with E-state index in [1.165, 1.54) is 0 Å². The Kier molecular flexibility index (Phi) is 10.3. The van der Waals surface area contributed by atoms with Crippen molar-refractivity contribution in [1.82, 2.24) is 15.6 Å². The fourth-order valence-corrected chi connectivity index (χ4v) is 5.53. The zero-order valence-corrected chi connectivity index (χ0v) is 24.3. The van der Waals surface area contributed by atoms with Crippen molar-refractivity contribution in [2.24, 2.45) is 0 Å². The van der Waals surface area contributed by atoms with Crippen molar-refractivity contribution in [3.63, 3.8) is 0 Å². The topological polar surface area (TPSA) is 86.5 Å². The summed E-state index contributed by atoms with van der Waals surface area (Å²) in [4.78, 5) is 31.3. The van der Waals surface area contributed by atoms with Crippen LogP contribution < -0.4 is 21.1 Å². The molecule has 1 fully saturated rings. The number of H-pyrrole nitrogens is 1. The van der Waals surface area contributed by atoms with Crippen LogP contribution in [-0.4, -0.2) is 49.7 Å². The van der Waals surface area contributed by atoms with E-state index in [0.717, 1.165) is 58.6 Å². The summed E-state index contributed by atoms with van der Waals surface area (Å²) in [5, 5.41) is 5.73. The average molecular weight is 567 g/mol. The Morgan fingerprint density at radius 2 is 1.76 bits per heavy atom. The number of amides is 1. The third kappa shape index (κ3) is 7.59. The second-order valence-electron chi connectivity index (χ2n) is 10.6. The van der Waals surface area contributed by atoms with Crippen molar-refractivity contribution in [2.45, 2.75) is 66.1 Å². The predicted octanol–water partition coefficient (Wildman–Crippen LogP) is 5.26. The zero-order valence-electron chi connectivity index (χ0n) is 24.3. The standard InChI is InChI=1S/C32H40F2N4O3/c1-5-38(26-10-12-41-13-11-26)29-16-25(24-8-6-23(7-9-24)17-35-19-30(33)34)15-27(22(29)4)31(39)36-18-28-20(2)14-21(3)37-32(28)40/h6-9,14-16,26,30,35H,5,10-13,17-19H2,1-4H3,(H,36,39)(H,37,40). The molecule has 1 amide bonds. The lowest BCUT2D eigenvalue weighted by Crippen LogP contribution is -2.40. The van der Waals surface area contributed by atoms with Gasteiger partial charge < -0.3 is 25.3 Å². The minimum absolute atomic E-state index is 0.122. The lowest BCUT2D eigenvalue weighted by Gasteiger charge is -2.37. The molecular weight excluding hydrogens is 526 g/mol. The predicted molar refractivity (Wildman–Crippen MR) is 159 cm³/mol. The van der Waals surface area contributed by atoms with Gasteiger partial charge in [0.25, 0.3) is 17.9 Å². The molecule has 1 aliphatic rings. The molecule has 1 aliphatic heterocycles. The number of nitrogens with one attached hydrogen (secondary N) is 3. The smallest absolute Gasteiger partial charge is 0.253 e. The van der Waals surface area contributed by atoms with Crippen molar-refractivity contribution in [2.75, 3.05) is 31.2 Å². The summed E-state index contributed by atoms with van der Waals surface area (Å²) in [5.74, 6) is -0.249. The van der Waals surface area contributed by atoms with Gasteiger partial charge in [-0.15, -0.1) is 0 Å². The number of hydrogen-bond acceptors (Lipinski definition) is 5. The number of aromatic nitrogens is 1. The number of aromatic amines is 1. The summed E-state index contributed by atoms with van der Waals surface area (Å²) >= 11 is 0. The number of halogens is 2. The Bertz CT molecular complexity index is 1400. The van der Waals surface area contributed by atoms with Crippen LogP contribution in [0.15, 0.2) is 47.3 Å². The molecular formula is C32H40F2N4O3. The number of hydrogen-bond donors (Lipinski definition) is 3. The number of aryl methyl sites for hydroxylation is 2. The Hall–Kier alpha value is -3.56.